The van der Waals surface area contributed by atoms with Crippen LogP contribution in [-0.4, -0.2) is 46.5 Å². The molecule has 5 nitrogen and oxygen atoms in total. The molecule has 2 heterocycles. The van der Waals surface area contributed by atoms with Crippen molar-refractivity contribution in [2.45, 2.75) is 32.7 Å². The van der Waals surface area contributed by atoms with E-state index < -0.39 is 0 Å². The number of carbonyl (C=O) groups is 1. The lowest BCUT2D eigenvalue weighted by Crippen LogP contribution is -2.44. The van der Waals surface area contributed by atoms with Crippen molar-refractivity contribution < 1.29 is 4.79 Å². The molecule has 5 heteroatoms. The fraction of sp³-hybridized carbons (Fsp3) is 0.643. The summed E-state index contributed by atoms with van der Waals surface area (Å²) in [5.74, 6) is 0.574. The van der Waals surface area contributed by atoms with Gasteiger partial charge in [0, 0.05) is 31.5 Å². The van der Waals surface area contributed by atoms with E-state index in [2.05, 4.69) is 29.1 Å². The molecule has 1 aromatic rings. The maximum Gasteiger partial charge on any atom is 0.274 e. The van der Waals surface area contributed by atoms with Gasteiger partial charge in [0.25, 0.3) is 5.91 Å². The Morgan fingerprint density at radius 3 is 3.05 bits per heavy atom. The molecule has 1 saturated heterocycles. The van der Waals surface area contributed by atoms with Gasteiger partial charge in [0.2, 0.25) is 0 Å². The van der Waals surface area contributed by atoms with E-state index >= 15 is 0 Å². The zero-order valence-corrected chi connectivity index (χ0v) is 11.7. The minimum Gasteiger partial charge on any atom is -0.333 e. The maximum atomic E-state index is 12.5. The van der Waals surface area contributed by atoms with Gasteiger partial charge >= 0.3 is 0 Å². The van der Waals surface area contributed by atoms with Crippen molar-refractivity contribution in [3.8, 4) is 0 Å². The summed E-state index contributed by atoms with van der Waals surface area (Å²) in [5, 5.41) is 3.41. The van der Waals surface area contributed by atoms with Crippen LogP contribution in [-0.2, 0) is 0 Å². The summed E-state index contributed by atoms with van der Waals surface area (Å²) in [6.07, 6.45) is 6.71. The minimum atomic E-state index is 0.00227. The van der Waals surface area contributed by atoms with E-state index in [1.165, 1.54) is 0 Å². The standard InChI is InChI=1S/C14H22N4O/c1-11(2)8-12-9-15-4-3-7-18(12)14(19)13-10-16-5-6-17-13/h5-6,10-12,15H,3-4,7-9H2,1-2H3. The van der Waals surface area contributed by atoms with Gasteiger partial charge in [-0.25, -0.2) is 4.98 Å². The largest absolute Gasteiger partial charge is 0.333 e. The van der Waals surface area contributed by atoms with Gasteiger partial charge in [-0.15, -0.1) is 0 Å². The number of carbonyl (C=O) groups excluding carboxylic acids is 1. The Labute approximate surface area is 114 Å². The van der Waals surface area contributed by atoms with Crippen LogP contribution in [0.4, 0.5) is 0 Å². The molecule has 1 fully saturated rings. The molecule has 2 rings (SSSR count). The predicted molar refractivity (Wildman–Crippen MR) is 73.8 cm³/mol. The summed E-state index contributed by atoms with van der Waals surface area (Å²) in [6.45, 7) is 7.01. The molecule has 1 atom stereocenters. The lowest BCUT2D eigenvalue weighted by atomic mass is 10.0. The lowest BCUT2D eigenvalue weighted by Gasteiger charge is -2.30. The molecule has 1 unspecified atom stereocenters. The van der Waals surface area contributed by atoms with E-state index in [1.807, 2.05) is 4.90 Å². The van der Waals surface area contributed by atoms with Crippen molar-refractivity contribution in [3.05, 3.63) is 24.3 Å². The Morgan fingerprint density at radius 1 is 1.53 bits per heavy atom. The van der Waals surface area contributed by atoms with Crippen LogP contribution in [0.2, 0.25) is 0 Å². The van der Waals surface area contributed by atoms with Gasteiger partial charge in [-0.05, 0) is 25.3 Å². The molecule has 0 aromatic carbocycles. The summed E-state index contributed by atoms with van der Waals surface area (Å²) in [6, 6.07) is 0.247. The van der Waals surface area contributed by atoms with E-state index in [-0.39, 0.29) is 11.9 Å². The third-order valence-corrected chi connectivity index (χ3v) is 3.36. The van der Waals surface area contributed by atoms with E-state index in [1.54, 1.807) is 18.6 Å². The van der Waals surface area contributed by atoms with Gasteiger partial charge < -0.3 is 10.2 Å². The summed E-state index contributed by atoms with van der Waals surface area (Å²) in [4.78, 5) is 22.6. The van der Waals surface area contributed by atoms with E-state index in [0.717, 1.165) is 32.5 Å². The summed E-state index contributed by atoms with van der Waals surface area (Å²) in [5.41, 5.74) is 0.443. The van der Waals surface area contributed by atoms with Crippen LogP contribution in [0.15, 0.2) is 18.6 Å². The van der Waals surface area contributed by atoms with Gasteiger partial charge in [0.1, 0.15) is 5.69 Å². The lowest BCUT2D eigenvalue weighted by molar-refractivity contribution is 0.0666. The summed E-state index contributed by atoms with van der Waals surface area (Å²) < 4.78 is 0. The first-order valence-corrected chi connectivity index (χ1v) is 6.96. The molecule has 1 N–H and O–H groups in total. The van der Waals surface area contributed by atoms with Gasteiger partial charge in [-0.3, -0.25) is 9.78 Å². The van der Waals surface area contributed by atoms with Crippen molar-refractivity contribution >= 4 is 5.91 Å². The fourth-order valence-electron chi connectivity index (χ4n) is 2.51. The zero-order valence-electron chi connectivity index (χ0n) is 11.7. The first kappa shape index (κ1) is 13.9. The van der Waals surface area contributed by atoms with Crippen molar-refractivity contribution in [2.24, 2.45) is 5.92 Å². The molecule has 0 aliphatic carbocycles. The van der Waals surface area contributed by atoms with Crippen LogP contribution in [0.3, 0.4) is 0 Å². The first-order chi connectivity index (χ1) is 9.18. The second-order valence-corrected chi connectivity index (χ2v) is 5.43. The van der Waals surface area contributed by atoms with E-state index in [9.17, 15) is 4.79 Å². The Kier molecular flexibility index (Phi) is 4.85. The second-order valence-electron chi connectivity index (χ2n) is 5.43. The topological polar surface area (TPSA) is 58.1 Å². The molecule has 1 aliphatic heterocycles. The number of hydrogen-bond donors (Lipinski definition) is 1. The molecule has 19 heavy (non-hydrogen) atoms. The van der Waals surface area contributed by atoms with E-state index in [4.69, 9.17) is 0 Å². The van der Waals surface area contributed by atoms with Gasteiger partial charge in [0.05, 0.1) is 6.20 Å². The monoisotopic (exact) mass is 262 g/mol. The second kappa shape index (κ2) is 6.61. The highest BCUT2D eigenvalue weighted by Crippen LogP contribution is 2.16. The third kappa shape index (κ3) is 3.73. The van der Waals surface area contributed by atoms with Gasteiger partial charge in [-0.1, -0.05) is 13.8 Å². The molecule has 0 saturated carbocycles. The number of aromatic nitrogens is 2. The SMILES string of the molecule is CC(C)CC1CNCCCN1C(=O)c1cnccn1. The number of nitrogens with one attached hydrogen (secondary N) is 1. The van der Waals surface area contributed by atoms with Crippen molar-refractivity contribution in [3.63, 3.8) is 0 Å². The summed E-state index contributed by atoms with van der Waals surface area (Å²) in [7, 11) is 0. The van der Waals surface area contributed by atoms with Crippen LogP contribution >= 0.6 is 0 Å². The van der Waals surface area contributed by atoms with Crippen LogP contribution in [0.5, 0.6) is 0 Å². The highest BCUT2D eigenvalue weighted by molar-refractivity contribution is 5.92. The van der Waals surface area contributed by atoms with Crippen molar-refractivity contribution in [1.82, 2.24) is 20.2 Å². The minimum absolute atomic E-state index is 0.00227. The summed E-state index contributed by atoms with van der Waals surface area (Å²) >= 11 is 0. The number of hydrogen-bond acceptors (Lipinski definition) is 4. The quantitative estimate of drug-likeness (QED) is 0.892. The molecular weight excluding hydrogens is 240 g/mol. The smallest absolute Gasteiger partial charge is 0.274 e. The highest BCUT2D eigenvalue weighted by atomic mass is 16.2. The van der Waals surface area contributed by atoms with Crippen molar-refractivity contribution in [2.75, 3.05) is 19.6 Å². The van der Waals surface area contributed by atoms with Crippen LogP contribution in [0.25, 0.3) is 0 Å². The Balaban J connectivity index is 2.15. The molecule has 1 aromatic heterocycles. The third-order valence-electron chi connectivity index (χ3n) is 3.36. The zero-order chi connectivity index (χ0) is 13.7. The van der Waals surface area contributed by atoms with Crippen LogP contribution in [0, 0.1) is 5.92 Å². The highest BCUT2D eigenvalue weighted by Gasteiger charge is 2.27. The number of rotatable bonds is 3. The van der Waals surface area contributed by atoms with Crippen LogP contribution < -0.4 is 5.32 Å². The Morgan fingerprint density at radius 2 is 2.37 bits per heavy atom. The molecule has 0 radical (unpaired) electrons. The molecule has 0 bridgehead atoms. The number of nitrogens with zero attached hydrogens (tertiary/aromatic N) is 3. The molecule has 1 aliphatic rings. The maximum absolute atomic E-state index is 12.5. The Hall–Kier alpha value is -1.49. The van der Waals surface area contributed by atoms with Gasteiger partial charge in [-0.2, -0.15) is 0 Å². The fourth-order valence-corrected chi connectivity index (χ4v) is 2.51. The molecule has 1 amide bonds. The molecular formula is C14H22N4O. The normalized spacial score (nSPS) is 20.4. The average molecular weight is 262 g/mol. The van der Waals surface area contributed by atoms with Crippen LogP contribution in [0.1, 0.15) is 37.2 Å². The Bertz CT molecular complexity index is 407. The van der Waals surface area contributed by atoms with Gasteiger partial charge in [0.15, 0.2) is 0 Å². The predicted octanol–water partition coefficient (Wildman–Crippen LogP) is 1.33. The van der Waals surface area contributed by atoms with E-state index in [0.29, 0.717) is 11.6 Å². The number of amides is 1. The first-order valence-electron chi connectivity index (χ1n) is 6.96. The van der Waals surface area contributed by atoms with Crippen molar-refractivity contribution in [1.29, 1.82) is 0 Å². The molecule has 104 valence electrons. The average Bonchev–Trinajstić information content (AvgIpc) is 2.64. The molecule has 0 spiro atoms.